The number of nitrogens with one attached hydrogen (secondary N) is 1. The average Bonchev–Trinajstić information content (AvgIpc) is 2.43. The minimum atomic E-state index is -3.79. The lowest BCUT2D eigenvalue weighted by Gasteiger charge is -2.18. The number of hydrogen-bond donors (Lipinski definition) is 2. The van der Waals surface area contributed by atoms with Gasteiger partial charge in [0.2, 0.25) is 10.0 Å². The first-order valence-electron chi connectivity index (χ1n) is 6.34. The molecule has 0 fully saturated rings. The number of carboxylic acids is 1. The van der Waals surface area contributed by atoms with E-state index in [1.165, 1.54) is 6.08 Å². The normalized spacial score (nSPS) is 15.1. The fourth-order valence-corrected chi connectivity index (χ4v) is 2.70. The van der Waals surface area contributed by atoms with Crippen LogP contribution in [0.3, 0.4) is 0 Å². The average molecular weight is 297 g/mol. The summed E-state index contributed by atoms with van der Waals surface area (Å²) in [5.74, 6) is -1.46. The number of aliphatic carboxylic acids is 1. The lowest BCUT2D eigenvalue weighted by molar-refractivity contribution is -0.140. The molecule has 0 saturated heterocycles. The summed E-state index contributed by atoms with van der Waals surface area (Å²) in [6, 6.07) is 7.81. The Morgan fingerprint density at radius 2 is 1.95 bits per heavy atom. The van der Waals surface area contributed by atoms with Crippen LogP contribution in [0.25, 0.3) is 6.08 Å². The number of carbonyl (C=O) groups is 1. The number of hydrogen-bond acceptors (Lipinski definition) is 3. The zero-order valence-electron chi connectivity index (χ0n) is 11.5. The highest BCUT2D eigenvalue weighted by Gasteiger charge is 2.27. The van der Waals surface area contributed by atoms with E-state index in [9.17, 15) is 13.2 Å². The van der Waals surface area contributed by atoms with E-state index >= 15 is 0 Å². The molecule has 0 amide bonds. The van der Waals surface area contributed by atoms with Gasteiger partial charge in [0.25, 0.3) is 0 Å². The van der Waals surface area contributed by atoms with Crippen molar-refractivity contribution in [3.63, 3.8) is 0 Å². The Morgan fingerprint density at radius 3 is 2.45 bits per heavy atom. The van der Waals surface area contributed by atoms with Crippen LogP contribution in [0.4, 0.5) is 0 Å². The second-order valence-electron chi connectivity index (χ2n) is 4.58. The topological polar surface area (TPSA) is 83.5 Å². The number of sulfonamides is 1. The van der Waals surface area contributed by atoms with Gasteiger partial charge in [-0.25, -0.2) is 8.42 Å². The Morgan fingerprint density at radius 1 is 1.35 bits per heavy atom. The molecule has 0 radical (unpaired) electrons. The molecule has 1 aromatic carbocycles. The molecule has 0 spiro atoms. The Labute approximate surface area is 119 Å². The largest absolute Gasteiger partial charge is 0.480 e. The van der Waals surface area contributed by atoms with Gasteiger partial charge >= 0.3 is 5.97 Å². The molecule has 2 atom stereocenters. The van der Waals surface area contributed by atoms with Crippen LogP contribution in [0.2, 0.25) is 0 Å². The van der Waals surface area contributed by atoms with Crippen LogP contribution in [-0.2, 0) is 14.8 Å². The third-order valence-electron chi connectivity index (χ3n) is 3.01. The molecular formula is C14H19NO4S. The SMILES string of the molecule is CCC(C)[C@H](NS(=O)(=O)/C=C/c1ccccc1)C(=O)O. The molecule has 0 aromatic heterocycles. The first kappa shape index (κ1) is 16.4. The highest BCUT2D eigenvalue weighted by Crippen LogP contribution is 2.10. The van der Waals surface area contributed by atoms with Gasteiger partial charge in [0.15, 0.2) is 0 Å². The fraction of sp³-hybridized carbons (Fsp3) is 0.357. The predicted molar refractivity (Wildman–Crippen MR) is 78.4 cm³/mol. The Hall–Kier alpha value is -1.66. The molecule has 0 saturated carbocycles. The molecule has 20 heavy (non-hydrogen) atoms. The quantitative estimate of drug-likeness (QED) is 0.807. The van der Waals surface area contributed by atoms with Crippen molar-refractivity contribution < 1.29 is 18.3 Å². The Bertz CT molecular complexity index is 566. The predicted octanol–water partition coefficient (Wildman–Crippen LogP) is 2.08. The summed E-state index contributed by atoms with van der Waals surface area (Å²) in [6.45, 7) is 3.51. The zero-order valence-corrected chi connectivity index (χ0v) is 12.3. The Balaban J connectivity index is 2.83. The van der Waals surface area contributed by atoms with Gasteiger partial charge in [0, 0.05) is 5.41 Å². The van der Waals surface area contributed by atoms with E-state index in [-0.39, 0.29) is 5.92 Å². The second kappa shape index (κ2) is 7.21. The van der Waals surface area contributed by atoms with Crippen LogP contribution in [0, 0.1) is 5.92 Å². The van der Waals surface area contributed by atoms with E-state index in [1.807, 2.05) is 13.0 Å². The van der Waals surface area contributed by atoms with Crippen molar-refractivity contribution >= 4 is 22.1 Å². The maximum atomic E-state index is 11.9. The fourth-order valence-electron chi connectivity index (χ4n) is 1.59. The summed E-state index contributed by atoms with van der Waals surface area (Å²) < 4.78 is 26.0. The minimum Gasteiger partial charge on any atom is -0.480 e. The Kier molecular flexibility index (Phi) is 5.91. The van der Waals surface area contributed by atoms with Crippen LogP contribution in [0.1, 0.15) is 25.8 Å². The van der Waals surface area contributed by atoms with E-state index in [2.05, 4.69) is 4.72 Å². The van der Waals surface area contributed by atoms with Gasteiger partial charge in [-0.15, -0.1) is 0 Å². The lowest BCUT2D eigenvalue weighted by Crippen LogP contribution is -2.44. The summed E-state index contributed by atoms with van der Waals surface area (Å²) in [7, 11) is -3.79. The summed E-state index contributed by atoms with van der Waals surface area (Å²) in [5, 5.41) is 10.1. The first-order valence-corrected chi connectivity index (χ1v) is 7.88. The van der Waals surface area contributed by atoms with Crippen LogP contribution >= 0.6 is 0 Å². The van der Waals surface area contributed by atoms with Crippen molar-refractivity contribution in [1.82, 2.24) is 4.72 Å². The molecule has 5 nitrogen and oxygen atoms in total. The molecule has 0 heterocycles. The highest BCUT2D eigenvalue weighted by atomic mass is 32.2. The van der Waals surface area contributed by atoms with Crippen LogP contribution in [0.15, 0.2) is 35.7 Å². The van der Waals surface area contributed by atoms with E-state index in [0.29, 0.717) is 6.42 Å². The summed E-state index contributed by atoms with van der Waals surface area (Å²) in [5.41, 5.74) is 0.730. The molecule has 2 N–H and O–H groups in total. The molecule has 1 aromatic rings. The van der Waals surface area contributed by atoms with E-state index in [4.69, 9.17) is 5.11 Å². The van der Waals surface area contributed by atoms with Gasteiger partial charge in [-0.2, -0.15) is 4.72 Å². The molecule has 0 aliphatic heterocycles. The molecular weight excluding hydrogens is 278 g/mol. The van der Waals surface area contributed by atoms with Gasteiger partial charge in [-0.05, 0) is 17.6 Å². The third kappa shape index (κ3) is 5.14. The zero-order chi connectivity index (χ0) is 15.2. The van der Waals surface area contributed by atoms with Gasteiger partial charge in [0.05, 0.1) is 0 Å². The van der Waals surface area contributed by atoms with Crippen molar-refractivity contribution in [2.24, 2.45) is 5.92 Å². The minimum absolute atomic E-state index is 0.285. The molecule has 6 heteroatoms. The highest BCUT2D eigenvalue weighted by molar-refractivity contribution is 7.92. The van der Waals surface area contributed by atoms with Crippen LogP contribution < -0.4 is 4.72 Å². The summed E-state index contributed by atoms with van der Waals surface area (Å²) in [6.07, 6.45) is 2.00. The molecule has 1 rings (SSSR count). The molecule has 0 bridgehead atoms. The monoisotopic (exact) mass is 297 g/mol. The molecule has 0 aliphatic carbocycles. The van der Waals surface area contributed by atoms with E-state index in [1.54, 1.807) is 31.2 Å². The number of rotatable bonds is 7. The van der Waals surface area contributed by atoms with Gasteiger partial charge < -0.3 is 5.11 Å². The van der Waals surface area contributed by atoms with E-state index < -0.39 is 22.0 Å². The van der Waals surface area contributed by atoms with Crippen molar-refractivity contribution in [2.75, 3.05) is 0 Å². The lowest BCUT2D eigenvalue weighted by atomic mass is 10.0. The van der Waals surface area contributed by atoms with Gasteiger partial charge in [-0.1, -0.05) is 50.6 Å². The molecule has 110 valence electrons. The molecule has 0 aliphatic rings. The van der Waals surface area contributed by atoms with E-state index in [0.717, 1.165) is 11.0 Å². The van der Waals surface area contributed by atoms with Gasteiger partial charge in [-0.3, -0.25) is 4.79 Å². The first-order chi connectivity index (χ1) is 9.35. The molecule has 1 unspecified atom stereocenters. The second-order valence-corrected chi connectivity index (χ2v) is 6.18. The maximum Gasteiger partial charge on any atom is 0.322 e. The van der Waals surface area contributed by atoms with Crippen LogP contribution in [-0.4, -0.2) is 25.5 Å². The smallest absolute Gasteiger partial charge is 0.322 e. The number of benzene rings is 1. The summed E-state index contributed by atoms with van der Waals surface area (Å²) in [4.78, 5) is 11.1. The van der Waals surface area contributed by atoms with Crippen molar-refractivity contribution in [2.45, 2.75) is 26.3 Å². The van der Waals surface area contributed by atoms with Crippen molar-refractivity contribution in [3.05, 3.63) is 41.3 Å². The van der Waals surface area contributed by atoms with Gasteiger partial charge in [0.1, 0.15) is 6.04 Å². The maximum absolute atomic E-state index is 11.9. The standard InChI is InChI=1S/C14H19NO4S/c1-3-11(2)13(14(16)17)15-20(18,19)10-9-12-7-5-4-6-8-12/h4-11,13,15H,3H2,1-2H3,(H,16,17)/b10-9+/t11?,13-/m0/s1. The summed E-state index contributed by atoms with van der Waals surface area (Å²) >= 11 is 0. The number of carboxylic acid groups (broad SMARTS) is 1. The third-order valence-corrected chi connectivity index (χ3v) is 4.09. The van der Waals surface area contributed by atoms with Crippen molar-refractivity contribution in [3.8, 4) is 0 Å². The van der Waals surface area contributed by atoms with Crippen molar-refractivity contribution in [1.29, 1.82) is 0 Å². The van der Waals surface area contributed by atoms with Crippen LogP contribution in [0.5, 0.6) is 0 Å².